The number of carbonyl (C=O) groups excluding carboxylic acids is 1. The lowest BCUT2D eigenvalue weighted by molar-refractivity contribution is -0.119. The van der Waals surface area contributed by atoms with Gasteiger partial charge in [-0.1, -0.05) is 12.1 Å². The summed E-state index contributed by atoms with van der Waals surface area (Å²) in [4.78, 5) is 12.7. The van der Waals surface area contributed by atoms with Crippen LogP contribution in [0.5, 0.6) is 11.5 Å². The molecule has 0 aliphatic rings. The first kappa shape index (κ1) is 24.1. The molecule has 9 heteroatoms. The number of hydrogen-bond donors (Lipinski definition) is 1. The van der Waals surface area contributed by atoms with Gasteiger partial charge in [0.15, 0.2) is 0 Å². The van der Waals surface area contributed by atoms with Gasteiger partial charge in [0.25, 0.3) is 10.0 Å². The van der Waals surface area contributed by atoms with Crippen LogP contribution in [-0.2, 0) is 21.4 Å². The number of halogens is 1. The molecule has 33 heavy (non-hydrogen) atoms. The van der Waals surface area contributed by atoms with E-state index in [1.54, 1.807) is 6.07 Å². The molecule has 3 aromatic carbocycles. The Bertz CT molecular complexity index is 1180. The van der Waals surface area contributed by atoms with E-state index in [1.165, 1.54) is 43.5 Å². The number of ether oxygens (including phenoxy) is 2. The summed E-state index contributed by atoms with van der Waals surface area (Å²) in [6.07, 6.45) is 0. The molecule has 0 aliphatic carbocycles. The van der Waals surface area contributed by atoms with E-state index >= 15 is 0 Å². The molecule has 0 aliphatic heterocycles. The minimum absolute atomic E-state index is 0.0233. The van der Waals surface area contributed by atoms with Crippen molar-refractivity contribution >= 4 is 21.6 Å². The molecular formula is C24H25FN2O5S. The Labute approximate surface area is 192 Å². The van der Waals surface area contributed by atoms with Gasteiger partial charge in [0.2, 0.25) is 5.91 Å². The number of hydrogen-bond acceptors (Lipinski definition) is 5. The Morgan fingerprint density at radius 3 is 2.33 bits per heavy atom. The van der Waals surface area contributed by atoms with Crippen LogP contribution in [-0.4, -0.2) is 34.6 Å². The first-order valence-corrected chi connectivity index (χ1v) is 11.7. The zero-order valence-electron chi connectivity index (χ0n) is 18.3. The fourth-order valence-electron chi connectivity index (χ4n) is 3.10. The number of sulfonamides is 1. The highest BCUT2D eigenvalue weighted by molar-refractivity contribution is 7.92. The van der Waals surface area contributed by atoms with Crippen molar-refractivity contribution < 1.29 is 27.1 Å². The number of amides is 1. The number of carbonyl (C=O) groups is 1. The highest BCUT2D eigenvalue weighted by Crippen LogP contribution is 2.25. The van der Waals surface area contributed by atoms with Gasteiger partial charge < -0.3 is 14.8 Å². The van der Waals surface area contributed by atoms with Crippen LogP contribution in [0.1, 0.15) is 12.5 Å². The lowest BCUT2D eigenvalue weighted by atomic mass is 10.2. The summed E-state index contributed by atoms with van der Waals surface area (Å²) >= 11 is 0. The third kappa shape index (κ3) is 6.23. The molecule has 0 atom stereocenters. The summed E-state index contributed by atoms with van der Waals surface area (Å²) in [5.41, 5.74) is 0.973. The third-order valence-electron chi connectivity index (χ3n) is 4.75. The fraction of sp³-hybridized carbons (Fsp3) is 0.208. The van der Waals surface area contributed by atoms with Crippen LogP contribution in [0.15, 0.2) is 77.7 Å². The number of anilines is 1. The summed E-state index contributed by atoms with van der Waals surface area (Å²) in [5, 5.41) is 2.73. The van der Waals surface area contributed by atoms with E-state index in [1.807, 2.05) is 25.1 Å². The SMILES string of the molecule is CCOc1cccc(CNC(=O)CN(c2ccc(F)cc2)S(=O)(=O)c2ccc(OC)cc2)c1. The van der Waals surface area contributed by atoms with Gasteiger partial charge >= 0.3 is 0 Å². The molecule has 1 N–H and O–H groups in total. The minimum Gasteiger partial charge on any atom is -0.497 e. The van der Waals surface area contributed by atoms with Crippen molar-refractivity contribution in [2.45, 2.75) is 18.4 Å². The molecule has 0 spiro atoms. The predicted molar refractivity (Wildman–Crippen MR) is 123 cm³/mol. The van der Waals surface area contributed by atoms with Crippen molar-refractivity contribution in [1.29, 1.82) is 0 Å². The molecule has 0 aromatic heterocycles. The average Bonchev–Trinajstić information content (AvgIpc) is 2.82. The van der Waals surface area contributed by atoms with Crippen molar-refractivity contribution in [1.82, 2.24) is 5.32 Å². The normalized spacial score (nSPS) is 11.0. The van der Waals surface area contributed by atoms with Crippen molar-refractivity contribution in [2.24, 2.45) is 0 Å². The van der Waals surface area contributed by atoms with Gasteiger partial charge in [0, 0.05) is 6.54 Å². The summed E-state index contributed by atoms with van der Waals surface area (Å²) in [5.74, 6) is 0.144. The van der Waals surface area contributed by atoms with Crippen molar-refractivity contribution in [3.8, 4) is 11.5 Å². The van der Waals surface area contributed by atoms with E-state index in [-0.39, 0.29) is 17.1 Å². The standard InChI is InChI=1S/C24H25FN2O5S/c1-3-32-22-6-4-5-18(15-22)16-26-24(28)17-27(20-9-7-19(25)8-10-20)33(29,30)23-13-11-21(31-2)12-14-23/h4-15H,3,16-17H2,1-2H3,(H,26,28). The molecule has 0 heterocycles. The van der Waals surface area contributed by atoms with E-state index < -0.39 is 28.3 Å². The van der Waals surface area contributed by atoms with E-state index in [4.69, 9.17) is 9.47 Å². The number of methoxy groups -OCH3 is 1. The maximum absolute atomic E-state index is 13.4. The zero-order valence-corrected chi connectivity index (χ0v) is 19.1. The second-order valence-electron chi connectivity index (χ2n) is 7.02. The Kier molecular flexibility index (Phi) is 7.89. The first-order valence-electron chi connectivity index (χ1n) is 10.2. The van der Waals surface area contributed by atoms with E-state index in [0.29, 0.717) is 18.1 Å². The van der Waals surface area contributed by atoms with Gasteiger partial charge in [-0.3, -0.25) is 9.10 Å². The highest BCUT2D eigenvalue weighted by atomic mass is 32.2. The molecule has 0 saturated heterocycles. The van der Waals surface area contributed by atoms with Crippen LogP contribution >= 0.6 is 0 Å². The molecule has 3 rings (SSSR count). The third-order valence-corrected chi connectivity index (χ3v) is 6.54. The molecule has 0 fully saturated rings. The average molecular weight is 473 g/mol. The minimum atomic E-state index is -4.11. The molecule has 7 nitrogen and oxygen atoms in total. The first-order chi connectivity index (χ1) is 15.8. The zero-order chi connectivity index (χ0) is 23.8. The smallest absolute Gasteiger partial charge is 0.264 e. The molecule has 0 radical (unpaired) electrons. The van der Waals surface area contributed by atoms with Crippen molar-refractivity contribution in [3.63, 3.8) is 0 Å². The van der Waals surface area contributed by atoms with Crippen molar-refractivity contribution in [2.75, 3.05) is 24.6 Å². The molecular weight excluding hydrogens is 447 g/mol. The summed E-state index contributed by atoms with van der Waals surface area (Å²) in [6, 6.07) is 18.0. The van der Waals surface area contributed by atoms with Crippen LogP contribution in [0.4, 0.5) is 10.1 Å². The maximum atomic E-state index is 13.4. The monoisotopic (exact) mass is 472 g/mol. The molecule has 0 saturated carbocycles. The van der Waals surface area contributed by atoms with Gasteiger partial charge in [-0.15, -0.1) is 0 Å². The lowest BCUT2D eigenvalue weighted by Gasteiger charge is -2.24. The quantitative estimate of drug-likeness (QED) is 0.486. The number of nitrogens with one attached hydrogen (secondary N) is 1. The van der Waals surface area contributed by atoms with Crippen molar-refractivity contribution in [3.05, 3.63) is 84.2 Å². The van der Waals surface area contributed by atoms with Crippen LogP contribution in [0.25, 0.3) is 0 Å². The number of benzene rings is 3. The van der Waals surface area contributed by atoms with E-state index in [2.05, 4.69) is 5.32 Å². The largest absolute Gasteiger partial charge is 0.497 e. The van der Waals surface area contributed by atoms with E-state index in [9.17, 15) is 17.6 Å². The summed E-state index contributed by atoms with van der Waals surface area (Å²) in [6.45, 7) is 2.11. The summed E-state index contributed by atoms with van der Waals surface area (Å²) in [7, 11) is -2.63. The molecule has 1 amide bonds. The van der Waals surface area contributed by atoms with Crippen LogP contribution < -0.4 is 19.1 Å². The van der Waals surface area contributed by atoms with Gasteiger partial charge in [0.05, 0.1) is 24.3 Å². The van der Waals surface area contributed by atoms with Crippen LogP contribution in [0.2, 0.25) is 0 Å². The second-order valence-corrected chi connectivity index (χ2v) is 8.88. The Morgan fingerprint density at radius 1 is 1.00 bits per heavy atom. The van der Waals surface area contributed by atoms with Gasteiger partial charge in [-0.05, 0) is 73.2 Å². The predicted octanol–water partition coefficient (Wildman–Crippen LogP) is 3.74. The number of nitrogens with zero attached hydrogens (tertiary/aromatic N) is 1. The van der Waals surface area contributed by atoms with Gasteiger partial charge in [0.1, 0.15) is 23.9 Å². The van der Waals surface area contributed by atoms with Crippen LogP contribution in [0, 0.1) is 5.82 Å². The molecule has 3 aromatic rings. The molecule has 174 valence electrons. The lowest BCUT2D eigenvalue weighted by Crippen LogP contribution is -2.40. The highest BCUT2D eigenvalue weighted by Gasteiger charge is 2.27. The topological polar surface area (TPSA) is 84.9 Å². The fourth-order valence-corrected chi connectivity index (χ4v) is 4.52. The van der Waals surface area contributed by atoms with E-state index in [0.717, 1.165) is 22.0 Å². The Hall–Kier alpha value is -3.59. The molecule has 0 unspecified atom stereocenters. The Balaban J connectivity index is 1.81. The Morgan fingerprint density at radius 2 is 1.70 bits per heavy atom. The number of rotatable bonds is 10. The maximum Gasteiger partial charge on any atom is 0.264 e. The molecule has 0 bridgehead atoms. The van der Waals surface area contributed by atoms with Gasteiger partial charge in [-0.25, -0.2) is 12.8 Å². The van der Waals surface area contributed by atoms with Gasteiger partial charge in [-0.2, -0.15) is 0 Å². The summed E-state index contributed by atoms with van der Waals surface area (Å²) < 4.78 is 51.6. The van der Waals surface area contributed by atoms with Crippen LogP contribution in [0.3, 0.4) is 0 Å². The second kappa shape index (κ2) is 10.8.